The number of amides is 1. The number of rotatable bonds is 3. The van der Waals surface area contributed by atoms with Crippen molar-refractivity contribution in [3.05, 3.63) is 76.1 Å². The highest BCUT2D eigenvalue weighted by Gasteiger charge is 2.32. The molecule has 1 unspecified atom stereocenters. The number of non-ortho nitro benzene ring substituents is 1. The quantitative estimate of drug-likeness (QED) is 0.526. The van der Waals surface area contributed by atoms with Gasteiger partial charge in [-0.3, -0.25) is 24.9 Å². The van der Waals surface area contributed by atoms with Crippen LogP contribution in [0.4, 0.5) is 5.69 Å². The first-order valence-corrected chi connectivity index (χ1v) is 8.36. The van der Waals surface area contributed by atoms with E-state index in [1.807, 2.05) is 18.2 Å². The van der Waals surface area contributed by atoms with Gasteiger partial charge in [0.05, 0.1) is 27.7 Å². The van der Waals surface area contributed by atoms with Crippen molar-refractivity contribution in [2.75, 3.05) is 0 Å². The predicted octanol–water partition coefficient (Wildman–Crippen LogP) is 3.24. The number of hydrogen-bond acceptors (Lipinski definition) is 6. The molecule has 8 nitrogen and oxygen atoms in total. The minimum absolute atomic E-state index is 0.00555. The van der Waals surface area contributed by atoms with Crippen LogP contribution in [0.25, 0.3) is 11.0 Å². The van der Waals surface area contributed by atoms with Crippen molar-refractivity contribution in [3.63, 3.8) is 0 Å². The lowest BCUT2D eigenvalue weighted by atomic mass is 9.97. The van der Waals surface area contributed by atoms with E-state index in [0.717, 1.165) is 16.6 Å². The summed E-state index contributed by atoms with van der Waals surface area (Å²) in [6.45, 7) is 1.45. The maximum absolute atomic E-state index is 12.1. The minimum atomic E-state index is -0.443. The predicted molar refractivity (Wildman–Crippen MR) is 99.0 cm³/mol. The molecule has 8 heteroatoms. The second-order valence-corrected chi connectivity index (χ2v) is 6.24. The van der Waals surface area contributed by atoms with Crippen molar-refractivity contribution in [1.82, 2.24) is 15.0 Å². The van der Waals surface area contributed by atoms with Crippen molar-refractivity contribution in [2.24, 2.45) is 5.10 Å². The van der Waals surface area contributed by atoms with E-state index in [9.17, 15) is 14.9 Å². The Kier molecular flexibility index (Phi) is 4.08. The van der Waals surface area contributed by atoms with Crippen molar-refractivity contribution in [1.29, 1.82) is 0 Å². The van der Waals surface area contributed by atoms with Gasteiger partial charge in [0.1, 0.15) is 0 Å². The number of hydrazone groups is 1. The Hall–Kier alpha value is -3.68. The summed E-state index contributed by atoms with van der Waals surface area (Å²) in [5.74, 6) is -0.195. The fraction of sp³-hybridized carbons (Fsp3) is 0.158. The number of hydrogen-bond donors (Lipinski definition) is 0. The van der Waals surface area contributed by atoms with E-state index in [0.29, 0.717) is 17.7 Å². The zero-order valence-corrected chi connectivity index (χ0v) is 14.4. The van der Waals surface area contributed by atoms with Crippen LogP contribution in [0, 0.1) is 10.1 Å². The van der Waals surface area contributed by atoms with E-state index in [-0.39, 0.29) is 17.6 Å². The lowest BCUT2D eigenvalue weighted by molar-refractivity contribution is -0.384. The number of nitro groups is 1. The van der Waals surface area contributed by atoms with E-state index in [2.05, 4.69) is 15.1 Å². The molecule has 134 valence electrons. The summed E-state index contributed by atoms with van der Waals surface area (Å²) in [4.78, 5) is 31.3. The number of nitrogens with zero attached hydrogens (tertiary/aromatic N) is 5. The number of carbonyl (C=O) groups is 1. The highest BCUT2D eigenvalue weighted by molar-refractivity contribution is 6.03. The van der Waals surface area contributed by atoms with E-state index >= 15 is 0 Å². The Morgan fingerprint density at radius 1 is 1.15 bits per heavy atom. The maximum Gasteiger partial charge on any atom is 0.270 e. The van der Waals surface area contributed by atoms with Crippen LogP contribution in [0.15, 0.2) is 60.0 Å². The van der Waals surface area contributed by atoms with Gasteiger partial charge in [-0.25, -0.2) is 5.01 Å². The lowest BCUT2D eigenvalue weighted by Gasteiger charge is -2.20. The van der Waals surface area contributed by atoms with Crippen LogP contribution in [0.5, 0.6) is 0 Å². The van der Waals surface area contributed by atoms with Gasteiger partial charge in [-0.2, -0.15) is 5.10 Å². The molecule has 0 fully saturated rings. The van der Waals surface area contributed by atoms with Gasteiger partial charge in [-0.15, -0.1) is 0 Å². The van der Waals surface area contributed by atoms with Gasteiger partial charge in [-0.05, 0) is 17.7 Å². The first-order chi connectivity index (χ1) is 13.0. The zero-order chi connectivity index (χ0) is 19.0. The number of aromatic nitrogens is 2. The molecule has 0 saturated heterocycles. The van der Waals surface area contributed by atoms with Crippen molar-refractivity contribution in [3.8, 4) is 0 Å². The Bertz CT molecular complexity index is 1100. The van der Waals surface area contributed by atoms with Crippen molar-refractivity contribution in [2.45, 2.75) is 19.4 Å². The van der Waals surface area contributed by atoms with Gasteiger partial charge < -0.3 is 0 Å². The Labute approximate surface area is 154 Å². The van der Waals surface area contributed by atoms with Crippen LogP contribution >= 0.6 is 0 Å². The first kappa shape index (κ1) is 16.8. The lowest BCUT2D eigenvalue weighted by Crippen LogP contribution is -2.24. The van der Waals surface area contributed by atoms with Crippen molar-refractivity contribution >= 4 is 28.3 Å². The number of fused-ring (bicyclic) bond motifs is 1. The molecule has 1 aromatic heterocycles. The minimum Gasteiger partial charge on any atom is -0.273 e. The smallest absolute Gasteiger partial charge is 0.270 e. The normalized spacial score (nSPS) is 16.4. The molecule has 4 rings (SSSR count). The molecule has 0 N–H and O–H groups in total. The summed E-state index contributed by atoms with van der Waals surface area (Å²) in [5, 5.41) is 16.9. The number of carbonyl (C=O) groups excluding carboxylic acids is 1. The Balaban J connectivity index is 1.71. The molecule has 1 aliphatic heterocycles. The fourth-order valence-corrected chi connectivity index (χ4v) is 3.22. The van der Waals surface area contributed by atoms with Gasteiger partial charge in [0.2, 0.25) is 5.91 Å². The van der Waals surface area contributed by atoms with E-state index in [1.54, 1.807) is 24.5 Å². The molecule has 0 spiro atoms. The second-order valence-electron chi connectivity index (χ2n) is 6.24. The molecule has 0 aliphatic carbocycles. The average Bonchev–Trinajstić information content (AvgIpc) is 3.13. The van der Waals surface area contributed by atoms with Crippen molar-refractivity contribution < 1.29 is 9.72 Å². The highest BCUT2D eigenvalue weighted by Crippen LogP contribution is 2.34. The van der Waals surface area contributed by atoms with Crippen LogP contribution in [0.2, 0.25) is 0 Å². The molecule has 1 atom stereocenters. The molecule has 0 bridgehead atoms. The molecular formula is C19H15N5O3. The third-order valence-corrected chi connectivity index (χ3v) is 4.50. The van der Waals surface area contributed by atoms with Gasteiger partial charge in [0.15, 0.2) is 0 Å². The Morgan fingerprint density at radius 3 is 2.67 bits per heavy atom. The molecule has 1 aliphatic rings. The number of nitro benzene ring substituents is 1. The molecule has 27 heavy (non-hydrogen) atoms. The summed E-state index contributed by atoms with van der Waals surface area (Å²) in [6.07, 6.45) is 3.71. The largest absolute Gasteiger partial charge is 0.273 e. The molecule has 3 aromatic rings. The van der Waals surface area contributed by atoms with Gasteiger partial charge in [0, 0.05) is 43.4 Å². The zero-order valence-electron chi connectivity index (χ0n) is 14.4. The number of benzene rings is 2. The van der Waals surface area contributed by atoms with Crippen LogP contribution in [-0.2, 0) is 4.79 Å². The SMILES string of the molecule is CC(=O)N1N=C(c2cccc([N+](=O)[O-])c2)CC1c1ccc2nccnc2c1. The molecule has 2 aromatic carbocycles. The fourth-order valence-electron chi connectivity index (χ4n) is 3.22. The molecule has 0 radical (unpaired) electrons. The van der Waals surface area contributed by atoms with E-state index in [4.69, 9.17) is 0 Å². The average molecular weight is 361 g/mol. The van der Waals surface area contributed by atoms with Crippen LogP contribution in [0.1, 0.15) is 30.5 Å². The first-order valence-electron chi connectivity index (χ1n) is 8.36. The summed E-state index contributed by atoms with van der Waals surface area (Å²) < 4.78 is 0. The topological polar surface area (TPSA) is 102 Å². The summed E-state index contributed by atoms with van der Waals surface area (Å²) in [5.41, 5.74) is 3.67. The van der Waals surface area contributed by atoms with Gasteiger partial charge in [0.25, 0.3) is 5.69 Å². The molecule has 0 saturated carbocycles. The van der Waals surface area contributed by atoms with E-state index < -0.39 is 4.92 Å². The summed E-state index contributed by atoms with van der Waals surface area (Å²) in [7, 11) is 0. The second kappa shape index (κ2) is 6.56. The third kappa shape index (κ3) is 3.12. The van der Waals surface area contributed by atoms with E-state index in [1.165, 1.54) is 24.1 Å². The maximum atomic E-state index is 12.1. The van der Waals surface area contributed by atoms with Crippen LogP contribution < -0.4 is 0 Å². The molecule has 2 heterocycles. The van der Waals surface area contributed by atoms with Gasteiger partial charge >= 0.3 is 0 Å². The molecular weight excluding hydrogens is 346 g/mol. The Morgan fingerprint density at radius 2 is 1.93 bits per heavy atom. The highest BCUT2D eigenvalue weighted by atomic mass is 16.6. The molecule has 1 amide bonds. The van der Waals surface area contributed by atoms with Crippen LogP contribution in [-0.4, -0.2) is 31.5 Å². The van der Waals surface area contributed by atoms with Crippen LogP contribution in [0.3, 0.4) is 0 Å². The van der Waals surface area contributed by atoms with Gasteiger partial charge in [-0.1, -0.05) is 18.2 Å². The third-order valence-electron chi connectivity index (χ3n) is 4.50. The monoisotopic (exact) mass is 361 g/mol. The summed E-state index contributed by atoms with van der Waals surface area (Å²) in [6, 6.07) is 11.7. The summed E-state index contributed by atoms with van der Waals surface area (Å²) >= 11 is 0. The standard InChI is InChI=1S/C19H15N5O3/c1-12(25)23-19(14-5-6-16-18(10-14)21-8-7-20-16)11-17(22-23)13-3-2-4-15(9-13)24(26)27/h2-10,19H,11H2,1H3.